The van der Waals surface area contributed by atoms with Crippen LogP contribution in [-0.2, 0) is 11.8 Å². The van der Waals surface area contributed by atoms with Crippen LogP contribution in [0.3, 0.4) is 0 Å². The van der Waals surface area contributed by atoms with E-state index in [0.29, 0.717) is 0 Å². The molecule has 0 aliphatic carbocycles. The van der Waals surface area contributed by atoms with E-state index in [1.165, 1.54) is 11.3 Å². The highest BCUT2D eigenvalue weighted by Gasteiger charge is 2.42. The second-order valence-electron chi connectivity index (χ2n) is 7.72. The van der Waals surface area contributed by atoms with E-state index < -0.39 is 0 Å². The third-order valence-corrected chi connectivity index (χ3v) is 6.06. The van der Waals surface area contributed by atoms with Crippen LogP contribution in [0.15, 0.2) is 91.1 Å². The molecule has 28 heavy (non-hydrogen) atoms. The van der Waals surface area contributed by atoms with E-state index in [9.17, 15) is 0 Å². The number of likely N-dealkylation sites (N-methyl/N-ethyl adjacent to an activating group) is 1. The first-order valence-corrected chi connectivity index (χ1v) is 9.64. The molecule has 3 nitrogen and oxygen atoms in total. The molecule has 0 saturated heterocycles. The molecular weight excluding hydrogens is 342 g/mol. The van der Waals surface area contributed by atoms with Gasteiger partial charge in [0.05, 0.1) is 11.0 Å². The Balaban J connectivity index is 1.70. The van der Waals surface area contributed by atoms with Crippen molar-refractivity contribution >= 4 is 16.7 Å². The van der Waals surface area contributed by atoms with Gasteiger partial charge in [-0.3, -0.25) is 4.57 Å². The highest BCUT2D eigenvalue weighted by atomic mass is 15.2. The van der Waals surface area contributed by atoms with Crippen molar-refractivity contribution in [3.8, 4) is 5.69 Å². The molecule has 0 fully saturated rings. The maximum absolute atomic E-state index is 5.03. The molecule has 0 amide bonds. The summed E-state index contributed by atoms with van der Waals surface area (Å²) >= 11 is 0. The summed E-state index contributed by atoms with van der Waals surface area (Å²) in [5.41, 5.74) is 6.76. The first kappa shape index (κ1) is 16.8. The monoisotopic (exact) mass is 365 g/mol. The summed E-state index contributed by atoms with van der Waals surface area (Å²) in [4.78, 5) is 7.25. The van der Waals surface area contributed by atoms with Crippen molar-refractivity contribution in [3.05, 3.63) is 103 Å². The number of imidazole rings is 1. The van der Waals surface area contributed by atoms with Crippen LogP contribution >= 0.6 is 0 Å². The van der Waals surface area contributed by atoms with Crippen LogP contribution in [-0.4, -0.2) is 16.6 Å². The van der Waals surface area contributed by atoms with Gasteiger partial charge in [0.1, 0.15) is 5.82 Å². The van der Waals surface area contributed by atoms with E-state index in [4.69, 9.17) is 4.98 Å². The van der Waals surface area contributed by atoms with E-state index >= 15 is 0 Å². The van der Waals surface area contributed by atoms with Crippen molar-refractivity contribution < 1.29 is 0 Å². The predicted molar refractivity (Wildman–Crippen MR) is 116 cm³/mol. The van der Waals surface area contributed by atoms with Crippen LogP contribution in [0.5, 0.6) is 0 Å². The SMILES string of the molecule is C=C1N(C)c2ccccc2C1(C)Cc1nc2ccccc2n1-c1ccccc1. The number of anilines is 1. The highest BCUT2D eigenvalue weighted by molar-refractivity contribution is 5.78. The molecule has 1 aromatic heterocycles. The van der Waals surface area contributed by atoms with Crippen molar-refractivity contribution in [2.24, 2.45) is 0 Å². The van der Waals surface area contributed by atoms with Gasteiger partial charge in [0.2, 0.25) is 0 Å². The Bertz CT molecular complexity index is 1190. The lowest BCUT2D eigenvalue weighted by Gasteiger charge is -2.28. The number of hydrogen-bond acceptors (Lipinski definition) is 2. The number of nitrogens with zero attached hydrogens (tertiary/aromatic N) is 3. The first-order valence-electron chi connectivity index (χ1n) is 9.64. The third-order valence-electron chi connectivity index (χ3n) is 6.06. The summed E-state index contributed by atoms with van der Waals surface area (Å²) in [7, 11) is 2.10. The molecule has 0 bridgehead atoms. The van der Waals surface area contributed by atoms with Crippen LogP contribution in [0.4, 0.5) is 5.69 Å². The van der Waals surface area contributed by atoms with Gasteiger partial charge in [-0.2, -0.15) is 0 Å². The van der Waals surface area contributed by atoms with E-state index in [2.05, 4.69) is 96.7 Å². The molecular formula is C25H23N3. The number of rotatable bonds is 3. The van der Waals surface area contributed by atoms with Crippen molar-refractivity contribution in [2.75, 3.05) is 11.9 Å². The maximum atomic E-state index is 5.03. The molecule has 2 heterocycles. The highest BCUT2D eigenvalue weighted by Crippen LogP contribution is 2.48. The Morgan fingerprint density at radius 3 is 2.39 bits per heavy atom. The number of hydrogen-bond donors (Lipinski definition) is 0. The Morgan fingerprint density at radius 1 is 0.893 bits per heavy atom. The van der Waals surface area contributed by atoms with Crippen LogP contribution in [0.2, 0.25) is 0 Å². The van der Waals surface area contributed by atoms with Gasteiger partial charge in [-0.1, -0.05) is 55.1 Å². The molecule has 1 atom stereocenters. The lowest BCUT2D eigenvalue weighted by atomic mass is 9.79. The normalized spacial score (nSPS) is 18.6. The smallest absolute Gasteiger partial charge is 0.115 e. The minimum absolute atomic E-state index is 0.195. The number of aromatic nitrogens is 2. The molecule has 0 N–H and O–H groups in total. The Labute approximate surface area is 165 Å². The number of benzene rings is 3. The Hall–Kier alpha value is -3.33. The summed E-state index contributed by atoms with van der Waals surface area (Å²) < 4.78 is 2.29. The van der Waals surface area contributed by atoms with E-state index in [1.54, 1.807) is 0 Å². The van der Waals surface area contributed by atoms with Crippen molar-refractivity contribution in [1.82, 2.24) is 9.55 Å². The van der Waals surface area contributed by atoms with Crippen molar-refractivity contribution in [1.29, 1.82) is 0 Å². The third kappa shape index (κ3) is 2.32. The Kier molecular flexibility index (Phi) is 3.66. The van der Waals surface area contributed by atoms with E-state index in [-0.39, 0.29) is 5.41 Å². The zero-order chi connectivity index (χ0) is 19.3. The van der Waals surface area contributed by atoms with E-state index in [1.807, 2.05) is 12.1 Å². The van der Waals surface area contributed by atoms with Crippen LogP contribution in [0, 0.1) is 0 Å². The number of allylic oxidation sites excluding steroid dienone is 1. The van der Waals surface area contributed by atoms with Crippen molar-refractivity contribution in [2.45, 2.75) is 18.8 Å². The number of para-hydroxylation sites is 4. The van der Waals surface area contributed by atoms with Gasteiger partial charge < -0.3 is 4.90 Å². The molecule has 1 aliphatic heterocycles. The topological polar surface area (TPSA) is 21.1 Å². The number of fused-ring (bicyclic) bond motifs is 2. The predicted octanol–water partition coefficient (Wildman–Crippen LogP) is 5.49. The standard InChI is InChI=1S/C25H23N3/c1-18-25(2,20-13-7-9-15-22(20)27(18)3)17-24-26-21-14-8-10-16-23(21)28(24)19-11-5-4-6-12-19/h4-16H,1,17H2,2-3H3. The largest absolute Gasteiger partial charge is 0.348 e. The molecule has 3 heteroatoms. The molecule has 3 aromatic carbocycles. The molecule has 1 aliphatic rings. The van der Waals surface area contributed by atoms with Gasteiger partial charge in [-0.25, -0.2) is 4.98 Å². The van der Waals surface area contributed by atoms with Gasteiger partial charge >= 0.3 is 0 Å². The first-order chi connectivity index (χ1) is 13.6. The lowest BCUT2D eigenvalue weighted by Crippen LogP contribution is -2.29. The quantitative estimate of drug-likeness (QED) is 0.479. The molecule has 0 saturated carbocycles. The molecule has 1 unspecified atom stereocenters. The van der Waals surface area contributed by atoms with Gasteiger partial charge in [0.25, 0.3) is 0 Å². The summed E-state index contributed by atoms with van der Waals surface area (Å²) in [5, 5.41) is 0. The summed E-state index contributed by atoms with van der Waals surface area (Å²) in [6.45, 7) is 6.73. The fourth-order valence-electron chi connectivity index (χ4n) is 4.48. The molecule has 138 valence electrons. The zero-order valence-electron chi connectivity index (χ0n) is 16.3. The van der Waals surface area contributed by atoms with Crippen LogP contribution in [0.25, 0.3) is 16.7 Å². The molecule has 0 spiro atoms. The maximum Gasteiger partial charge on any atom is 0.115 e. The van der Waals surface area contributed by atoms with Crippen LogP contribution < -0.4 is 4.90 Å². The van der Waals surface area contributed by atoms with Gasteiger partial charge in [0.15, 0.2) is 0 Å². The average molecular weight is 365 g/mol. The summed E-state index contributed by atoms with van der Waals surface area (Å²) in [6.07, 6.45) is 0.788. The second kappa shape index (κ2) is 6.10. The fraction of sp³-hybridized carbons (Fsp3) is 0.160. The Morgan fingerprint density at radius 2 is 1.57 bits per heavy atom. The zero-order valence-corrected chi connectivity index (χ0v) is 16.3. The minimum Gasteiger partial charge on any atom is -0.348 e. The minimum atomic E-state index is -0.195. The molecule has 0 radical (unpaired) electrons. The van der Waals surface area contributed by atoms with Crippen LogP contribution in [0.1, 0.15) is 18.3 Å². The van der Waals surface area contributed by atoms with Gasteiger partial charge in [-0.15, -0.1) is 0 Å². The average Bonchev–Trinajstić information content (AvgIpc) is 3.18. The summed E-state index contributed by atoms with van der Waals surface area (Å²) in [6, 6.07) is 27.4. The van der Waals surface area contributed by atoms with E-state index in [0.717, 1.165) is 34.7 Å². The second-order valence-corrected chi connectivity index (χ2v) is 7.72. The van der Waals surface area contributed by atoms with Gasteiger partial charge in [-0.05, 0) is 42.8 Å². The van der Waals surface area contributed by atoms with Crippen molar-refractivity contribution in [3.63, 3.8) is 0 Å². The fourth-order valence-corrected chi connectivity index (χ4v) is 4.48. The summed E-state index contributed by atoms with van der Waals surface area (Å²) in [5.74, 6) is 1.06. The molecule has 5 rings (SSSR count). The van der Waals surface area contributed by atoms with Gasteiger partial charge in [0, 0.05) is 36.0 Å². The molecule has 4 aromatic rings. The lowest BCUT2D eigenvalue weighted by molar-refractivity contribution is 0.548.